The number of allylic oxidation sites excluding steroid dienone is 5. The summed E-state index contributed by atoms with van der Waals surface area (Å²) < 4.78 is 27.2. The number of rotatable bonds is 7. The molecule has 0 radical (unpaired) electrons. The molecule has 30 heavy (non-hydrogen) atoms. The van der Waals surface area contributed by atoms with E-state index in [1.165, 1.54) is 15.5 Å². The monoisotopic (exact) mass is 433 g/mol. The van der Waals surface area contributed by atoms with E-state index in [2.05, 4.69) is 46.8 Å². The molecule has 168 valence electrons. The average molecular weight is 434 g/mol. The third-order valence-electron chi connectivity index (χ3n) is 8.12. The molecular weight excluding hydrogens is 394 g/mol. The van der Waals surface area contributed by atoms with Crippen LogP contribution in [0.5, 0.6) is 0 Å². The second-order valence-corrected chi connectivity index (χ2v) is 12.5. The molecule has 1 heterocycles. The first-order chi connectivity index (χ1) is 13.9. The molecule has 1 aliphatic heterocycles. The van der Waals surface area contributed by atoms with Crippen LogP contribution in [0.2, 0.25) is 0 Å². The average Bonchev–Trinajstić information content (AvgIpc) is 3.08. The van der Waals surface area contributed by atoms with E-state index in [9.17, 15) is 13.2 Å². The standard InChI is InChI=1S/C25H39NO3S/c1-18(2)9-7-10-19(3)11-8-12-20(4)15-23(27)26-22-16-21-13-14-25(22,24(21,5)6)17-30(26,28)29/h9,11,15,21-22H,7-8,10,12-14,16-17H2,1-6H3/b19-11-,20-15-/t21-,22-,25-/m0/s1. The fraction of sp³-hybridized carbons (Fsp3) is 0.720. The molecule has 4 nitrogen and oxygen atoms in total. The van der Waals surface area contributed by atoms with E-state index in [0.717, 1.165) is 50.5 Å². The van der Waals surface area contributed by atoms with E-state index in [4.69, 9.17) is 0 Å². The van der Waals surface area contributed by atoms with Gasteiger partial charge in [0.1, 0.15) is 0 Å². The van der Waals surface area contributed by atoms with Crippen LogP contribution < -0.4 is 0 Å². The minimum Gasteiger partial charge on any atom is -0.269 e. The van der Waals surface area contributed by atoms with Crippen LogP contribution in [0.4, 0.5) is 0 Å². The number of sulfonamides is 1. The number of hydrogen-bond acceptors (Lipinski definition) is 3. The number of nitrogens with zero attached hydrogens (tertiary/aromatic N) is 1. The number of carbonyl (C=O) groups excluding carboxylic acids is 1. The first kappa shape index (κ1) is 23.3. The van der Waals surface area contributed by atoms with Gasteiger partial charge in [-0.05, 0) is 84.0 Å². The summed E-state index contributed by atoms with van der Waals surface area (Å²) in [6, 6.07) is -0.148. The molecule has 0 N–H and O–H groups in total. The maximum absolute atomic E-state index is 13.0. The molecule has 0 unspecified atom stereocenters. The maximum Gasteiger partial charge on any atom is 0.260 e. The number of carbonyl (C=O) groups is 1. The van der Waals surface area contributed by atoms with Gasteiger partial charge >= 0.3 is 0 Å². The number of hydrogen-bond donors (Lipinski definition) is 0. The zero-order valence-electron chi connectivity index (χ0n) is 19.6. The first-order valence-electron chi connectivity index (χ1n) is 11.4. The quantitative estimate of drug-likeness (QED) is 0.378. The zero-order chi connectivity index (χ0) is 22.3. The fourth-order valence-electron chi connectivity index (χ4n) is 6.16. The Morgan fingerprint density at radius 3 is 2.30 bits per heavy atom. The summed E-state index contributed by atoms with van der Waals surface area (Å²) in [5.41, 5.74) is 3.40. The van der Waals surface area contributed by atoms with Crippen molar-refractivity contribution in [2.75, 3.05) is 5.75 Å². The second kappa shape index (κ2) is 8.29. The largest absolute Gasteiger partial charge is 0.269 e. The van der Waals surface area contributed by atoms with Crippen molar-refractivity contribution in [3.63, 3.8) is 0 Å². The van der Waals surface area contributed by atoms with Crippen molar-refractivity contribution in [3.8, 4) is 0 Å². The fourth-order valence-corrected chi connectivity index (χ4v) is 8.66. The van der Waals surface area contributed by atoms with Crippen molar-refractivity contribution >= 4 is 15.9 Å². The Bertz CT molecular complexity index is 889. The molecule has 2 aliphatic carbocycles. The van der Waals surface area contributed by atoms with Gasteiger partial charge in [0.05, 0.1) is 11.8 Å². The van der Waals surface area contributed by atoms with Crippen LogP contribution in [0.15, 0.2) is 34.9 Å². The second-order valence-electron chi connectivity index (χ2n) is 10.7. The van der Waals surface area contributed by atoms with Crippen LogP contribution in [0, 0.1) is 16.7 Å². The van der Waals surface area contributed by atoms with Gasteiger partial charge in [0.2, 0.25) is 10.0 Å². The lowest BCUT2D eigenvalue weighted by Crippen LogP contribution is -2.43. The van der Waals surface area contributed by atoms with Gasteiger partial charge in [-0.15, -0.1) is 0 Å². The van der Waals surface area contributed by atoms with Gasteiger partial charge in [-0.25, -0.2) is 12.7 Å². The Labute approximate surface area is 183 Å². The van der Waals surface area contributed by atoms with Crippen LogP contribution in [-0.2, 0) is 14.8 Å². The lowest BCUT2D eigenvalue weighted by Gasteiger charge is -2.36. The predicted octanol–water partition coefficient (Wildman–Crippen LogP) is 5.77. The van der Waals surface area contributed by atoms with Crippen LogP contribution in [0.1, 0.15) is 86.5 Å². The first-order valence-corrected chi connectivity index (χ1v) is 13.0. The molecular formula is C25H39NO3S. The lowest BCUT2D eigenvalue weighted by molar-refractivity contribution is -0.124. The lowest BCUT2D eigenvalue weighted by atomic mass is 9.69. The summed E-state index contributed by atoms with van der Waals surface area (Å²) in [6.07, 6.45) is 12.7. The predicted molar refractivity (Wildman–Crippen MR) is 123 cm³/mol. The number of fused-ring (bicyclic) bond motifs is 1. The summed E-state index contributed by atoms with van der Waals surface area (Å²) in [5.74, 6) is 0.334. The van der Waals surface area contributed by atoms with Gasteiger partial charge in [-0.2, -0.15) is 0 Å². The number of amides is 1. The third kappa shape index (κ3) is 4.06. The van der Waals surface area contributed by atoms with Gasteiger partial charge < -0.3 is 0 Å². The Hall–Kier alpha value is -1.36. The highest BCUT2D eigenvalue weighted by Crippen LogP contribution is 2.69. The SMILES string of the molecule is CC(C)=CCC/C(C)=C\CC/C(C)=C\C(=O)N1[C@H]2C[C@@H]3CC[C@@]2(CS1(=O)=O)C3(C)C. The molecule has 1 amide bonds. The molecule has 3 rings (SSSR count). The Morgan fingerprint density at radius 1 is 1.03 bits per heavy atom. The molecule has 1 saturated heterocycles. The Balaban J connectivity index is 1.64. The van der Waals surface area contributed by atoms with Gasteiger partial charge in [0, 0.05) is 11.5 Å². The minimum absolute atomic E-state index is 0.00759. The van der Waals surface area contributed by atoms with Crippen LogP contribution in [-0.4, -0.2) is 30.4 Å². The minimum atomic E-state index is -3.54. The van der Waals surface area contributed by atoms with E-state index in [0.29, 0.717) is 5.92 Å². The van der Waals surface area contributed by atoms with Crippen LogP contribution >= 0.6 is 0 Å². The van der Waals surface area contributed by atoms with Gasteiger partial charge in [-0.1, -0.05) is 42.7 Å². The molecule has 0 aromatic heterocycles. The van der Waals surface area contributed by atoms with Crippen molar-refractivity contribution in [2.45, 2.75) is 92.5 Å². The maximum atomic E-state index is 13.0. The van der Waals surface area contributed by atoms with Crippen molar-refractivity contribution in [1.29, 1.82) is 0 Å². The van der Waals surface area contributed by atoms with Crippen LogP contribution in [0.3, 0.4) is 0 Å². The highest BCUT2D eigenvalue weighted by molar-refractivity contribution is 7.90. The summed E-state index contributed by atoms with van der Waals surface area (Å²) in [6.45, 7) is 12.7. The van der Waals surface area contributed by atoms with E-state index in [1.807, 2.05) is 6.92 Å². The van der Waals surface area contributed by atoms with Crippen molar-refractivity contribution in [1.82, 2.24) is 4.31 Å². The normalized spacial score (nSPS) is 31.7. The molecule has 1 spiro atoms. The van der Waals surface area contributed by atoms with Gasteiger partial charge in [-0.3, -0.25) is 4.79 Å². The molecule has 3 aliphatic rings. The van der Waals surface area contributed by atoms with E-state index in [-0.39, 0.29) is 28.5 Å². The van der Waals surface area contributed by atoms with Gasteiger partial charge in [0.25, 0.3) is 5.91 Å². The summed E-state index contributed by atoms with van der Waals surface area (Å²) >= 11 is 0. The smallest absolute Gasteiger partial charge is 0.260 e. The topological polar surface area (TPSA) is 54.5 Å². The van der Waals surface area contributed by atoms with E-state index in [1.54, 1.807) is 6.08 Å². The molecule has 0 aromatic rings. The molecule has 3 fully saturated rings. The van der Waals surface area contributed by atoms with Gasteiger partial charge in [0.15, 0.2) is 0 Å². The Kier molecular flexibility index (Phi) is 6.44. The highest BCUT2D eigenvalue weighted by atomic mass is 32.2. The van der Waals surface area contributed by atoms with Crippen molar-refractivity contribution < 1.29 is 13.2 Å². The molecule has 5 heteroatoms. The van der Waals surface area contributed by atoms with Crippen molar-refractivity contribution in [3.05, 3.63) is 34.9 Å². The van der Waals surface area contributed by atoms with Crippen molar-refractivity contribution in [2.24, 2.45) is 16.7 Å². The molecule has 2 bridgehead atoms. The summed E-state index contributed by atoms with van der Waals surface area (Å²) in [4.78, 5) is 13.0. The van der Waals surface area contributed by atoms with E-state index < -0.39 is 10.0 Å². The molecule has 3 atom stereocenters. The summed E-state index contributed by atoms with van der Waals surface area (Å²) in [7, 11) is -3.54. The third-order valence-corrected chi connectivity index (χ3v) is 10.0. The van der Waals surface area contributed by atoms with E-state index >= 15 is 0 Å². The molecule has 0 aromatic carbocycles. The van der Waals surface area contributed by atoms with Crippen LogP contribution in [0.25, 0.3) is 0 Å². The summed E-state index contributed by atoms with van der Waals surface area (Å²) in [5, 5.41) is 0. The highest BCUT2D eigenvalue weighted by Gasteiger charge is 2.72. The molecule has 2 saturated carbocycles. The Morgan fingerprint density at radius 2 is 1.67 bits per heavy atom. The zero-order valence-corrected chi connectivity index (χ0v) is 20.4.